The number of carbonyl (C=O) groups excluding carboxylic acids is 1. The van der Waals surface area contributed by atoms with Gasteiger partial charge in [0.2, 0.25) is 0 Å². The van der Waals surface area contributed by atoms with E-state index in [0.717, 1.165) is 6.92 Å². The molecule has 0 bridgehead atoms. The Morgan fingerprint density at radius 3 is 2.21 bits per heavy atom. The van der Waals surface area contributed by atoms with Gasteiger partial charge in [-0.25, -0.2) is 9.59 Å². The standard InChI is InChI=1S/C8H10F2O4/c1-4(2)6(11)14-5(3)8(9,10)7(12)13/h5H,1H2,2-3H3,(H,12,13). The van der Waals surface area contributed by atoms with Crippen LogP contribution in [0.1, 0.15) is 13.8 Å². The van der Waals surface area contributed by atoms with Crippen LogP contribution >= 0.6 is 0 Å². The van der Waals surface area contributed by atoms with E-state index in [-0.39, 0.29) is 5.57 Å². The van der Waals surface area contributed by atoms with Crippen molar-refractivity contribution in [3.05, 3.63) is 12.2 Å². The molecular formula is C8H10F2O4. The van der Waals surface area contributed by atoms with Crippen molar-refractivity contribution in [3.8, 4) is 0 Å². The molecule has 0 saturated carbocycles. The van der Waals surface area contributed by atoms with Crippen LogP contribution in [-0.2, 0) is 14.3 Å². The molecule has 80 valence electrons. The first kappa shape index (κ1) is 12.5. The summed E-state index contributed by atoms with van der Waals surface area (Å²) in [5, 5.41) is 8.10. The van der Waals surface area contributed by atoms with Crippen LogP contribution in [0.2, 0.25) is 0 Å². The number of carboxylic acids is 1. The zero-order valence-electron chi connectivity index (χ0n) is 7.71. The minimum Gasteiger partial charge on any atom is -0.477 e. The topological polar surface area (TPSA) is 63.6 Å². The van der Waals surface area contributed by atoms with Gasteiger partial charge in [0.15, 0.2) is 6.10 Å². The molecule has 0 amide bonds. The Balaban J connectivity index is 4.49. The van der Waals surface area contributed by atoms with Crippen LogP contribution in [-0.4, -0.2) is 29.1 Å². The molecule has 0 aromatic rings. The third kappa shape index (κ3) is 2.79. The predicted octanol–water partition coefficient (Wildman–Crippen LogP) is 1.21. The van der Waals surface area contributed by atoms with E-state index in [1.54, 1.807) is 0 Å². The second kappa shape index (κ2) is 4.17. The van der Waals surface area contributed by atoms with Gasteiger partial charge in [0.25, 0.3) is 0 Å². The van der Waals surface area contributed by atoms with E-state index in [1.807, 2.05) is 0 Å². The highest BCUT2D eigenvalue weighted by atomic mass is 19.3. The van der Waals surface area contributed by atoms with Crippen molar-refractivity contribution in [2.75, 3.05) is 0 Å². The largest absolute Gasteiger partial charge is 0.477 e. The molecule has 0 aromatic heterocycles. The zero-order valence-corrected chi connectivity index (χ0v) is 7.71. The Bertz CT molecular complexity index is 273. The number of aliphatic carboxylic acids is 1. The van der Waals surface area contributed by atoms with E-state index in [4.69, 9.17) is 5.11 Å². The number of ether oxygens (including phenoxy) is 1. The van der Waals surface area contributed by atoms with Gasteiger partial charge in [-0.1, -0.05) is 6.58 Å². The van der Waals surface area contributed by atoms with Crippen LogP contribution in [0.4, 0.5) is 8.78 Å². The van der Waals surface area contributed by atoms with Crippen LogP contribution in [0.25, 0.3) is 0 Å². The Kier molecular flexibility index (Phi) is 3.73. The number of esters is 1. The maximum atomic E-state index is 12.7. The Morgan fingerprint density at radius 1 is 1.50 bits per heavy atom. The lowest BCUT2D eigenvalue weighted by Crippen LogP contribution is -2.42. The first-order chi connectivity index (χ1) is 6.19. The summed E-state index contributed by atoms with van der Waals surface area (Å²) in [5.74, 6) is -7.47. The third-order valence-electron chi connectivity index (χ3n) is 1.43. The lowest BCUT2D eigenvalue weighted by atomic mass is 10.2. The lowest BCUT2D eigenvalue weighted by Gasteiger charge is -2.19. The average Bonchev–Trinajstić information content (AvgIpc) is 2.03. The third-order valence-corrected chi connectivity index (χ3v) is 1.43. The zero-order chi connectivity index (χ0) is 11.5. The van der Waals surface area contributed by atoms with E-state index in [2.05, 4.69) is 11.3 Å². The van der Waals surface area contributed by atoms with Gasteiger partial charge in [0.05, 0.1) is 0 Å². The van der Waals surface area contributed by atoms with E-state index >= 15 is 0 Å². The van der Waals surface area contributed by atoms with Gasteiger partial charge in [0.1, 0.15) is 0 Å². The molecule has 1 atom stereocenters. The van der Waals surface area contributed by atoms with Crippen LogP contribution in [0.15, 0.2) is 12.2 Å². The van der Waals surface area contributed by atoms with Crippen molar-refractivity contribution in [1.29, 1.82) is 0 Å². The fourth-order valence-electron chi connectivity index (χ4n) is 0.509. The number of halogens is 2. The Labute approximate surface area is 79.2 Å². The molecule has 0 radical (unpaired) electrons. The summed E-state index contributed by atoms with van der Waals surface area (Å²) in [6.45, 7) is 5.24. The van der Waals surface area contributed by atoms with Crippen molar-refractivity contribution in [2.45, 2.75) is 25.9 Å². The molecule has 0 rings (SSSR count). The molecule has 6 heteroatoms. The van der Waals surface area contributed by atoms with Crippen molar-refractivity contribution in [3.63, 3.8) is 0 Å². The number of hydrogen-bond acceptors (Lipinski definition) is 3. The fraction of sp³-hybridized carbons (Fsp3) is 0.500. The molecule has 14 heavy (non-hydrogen) atoms. The summed E-state index contributed by atoms with van der Waals surface area (Å²) in [6.07, 6.45) is -2.02. The second-order valence-electron chi connectivity index (χ2n) is 2.76. The minimum absolute atomic E-state index is 0.0713. The van der Waals surface area contributed by atoms with Crippen molar-refractivity contribution < 1.29 is 28.2 Å². The molecule has 1 N–H and O–H groups in total. The molecule has 0 aliphatic carbocycles. The number of hydrogen-bond donors (Lipinski definition) is 1. The Morgan fingerprint density at radius 2 is 1.93 bits per heavy atom. The van der Waals surface area contributed by atoms with Crippen molar-refractivity contribution in [2.24, 2.45) is 0 Å². The summed E-state index contributed by atoms with van der Waals surface area (Å²) < 4.78 is 29.5. The highest BCUT2D eigenvalue weighted by Crippen LogP contribution is 2.22. The van der Waals surface area contributed by atoms with Gasteiger partial charge in [0, 0.05) is 5.57 Å². The molecule has 0 heterocycles. The quantitative estimate of drug-likeness (QED) is 0.557. The lowest BCUT2D eigenvalue weighted by molar-refractivity contribution is -0.189. The van der Waals surface area contributed by atoms with Gasteiger partial charge in [-0.3, -0.25) is 0 Å². The number of carbonyl (C=O) groups is 2. The molecule has 0 spiro atoms. The SMILES string of the molecule is C=C(C)C(=O)OC(C)C(F)(F)C(=O)O. The summed E-state index contributed by atoms with van der Waals surface area (Å²) in [5.41, 5.74) is -0.0713. The summed E-state index contributed by atoms with van der Waals surface area (Å²) in [6, 6.07) is 0. The van der Waals surface area contributed by atoms with E-state index < -0.39 is 24.0 Å². The second-order valence-corrected chi connectivity index (χ2v) is 2.76. The normalized spacial score (nSPS) is 13.1. The van der Waals surface area contributed by atoms with Gasteiger partial charge < -0.3 is 9.84 Å². The van der Waals surface area contributed by atoms with Crippen LogP contribution in [0.5, 0.6) is 0 Å². The highest BCUT2D eigenvalue weighted by molar-refractivity contribution is 5.87. The number of rotatable bonds is 4. The maximum absolute atomic E-state index is 12.7. The molecule has 0 fully saturated rings. The van der Waals surface area contributed by atoms with E-state index in [9.17, 15) is 18.4 Å². The fourth-order valence-corrected chi connectivity index (χ4v) is 0.509. The van der Waals surface area contributed by atoms with Gasteiger partial charge >= 0.3 is 17.9 Å². The molecular weight excluding hydrogens is 198 g/mol. The average molecular weight is 208 g/mol. The van der Waals surface area contributed by atoms with E-state index in [1.165, 1.54) is 6.92 Å². The molecule has 1 unspecified atom stereocenters. The van der Waals surface area contributed by atoms with Crippen LogP contribution < -0.4 is 0 Å². The van der Waals surface area contributed by atoms with Gasteiger partial charge in [-0.15, -0.1) is 0 Å². The molecule has 0 aromatic carbocycles. The number of carboxylic acid groups (broad SMARTS) is 1. The Hall–Kier alpha value is -1.46. The van der Waals surface area contributed by atoms with Crippen molar-refractivity contribution >= 4 is 11.9 Å². The molecule has 0 aliphatic heterocycles. The van der Waals surface area contributed by atoms with Crippen LogP contribution in [0, 0.1) is 0 Å². The summed E-state index contributed by atoms with van der Waals surface area (Å²) in [4.78, 5) is 20.8. The predicted molar refractivity (Wildman–Crippen MR) is 43.0 cm³/mol. The monoisotopic (exact) mass is 208 g/mol. The summed E-state index contributed by atoms with van der Waals surface area (Å²) >= 11 is 0. The van der Waals surface area contributed by atoms with Gasteiger partial charge in [-0.05, 0) is 13.8 Å². The molecule has 4 nitrogen and oxygen atoms in total. The van der Waals surface area contributed by atoms with Gasteiger partial charge in [-0.2, -0.15) is 8.78 Å². The highest BCUT2D eigenvalue weighted by Gasteiger charge is 2.47. The minimum atomic E-state index is -4.09. The molecule has 0 aliphatic rings. The maximum Gasteiger partial charge on any atom is 0.378 e. The van der Waals surface area contributed by atoms with Crippen LogP contribution in [0.3, 0.4) is 0 Å². The summed E-state index contributed by atoms with van der Waals surface area (Å²) in [7, 11) is 0. The molecule has 0 saturated heterocycles. The first-order valence-corrected chi connectivity index (χ1v) is 3.67. The first-order valence-electron chi connectivity index (χ1n) is 3.67. The smallest absolute Gasteiger partial charge is 0.378 e. The van der Waals surface area contributed by atoms with E-state index in [0.29, 0.717) is 0 Å². The van der Waals surface area contributed by atoms with Crippen molar-refractivity contribution in [1.82, 2.24) is 0 Å². The number of alkyl halides is 2.